The topological polar surface area (TPSA) is 79.1 Å². The Labute approximate surface area is 204 Å². The Kier molecular flexibility index (Phi) is 7.99. The van der Waals surface area contributed by atoms with Gasteiger partial charge in [0.05, 0.1) is 39.7 Å². The number of H-pyrrole nitrogens is 1. The highest BCUT2D eigenvalue weighted by Gasteiger charge is 2.18. The Morgan fingerprint density at radius 2 is 1.94 bits per heavy atom. The summed E-state index contributed by atoms with van der Waals surface area (Å²) in [6.45, 7) is 5.08. The molecule has 1 fully saturated rings. The number of aromatic amines is 1. The number of anilines is 1. The van der Waals surface area contributed by atoms with Crippen LogP contribution in [0.3, 0.4) is 0 Å². The lowest BCUT2D eigenvalue weighted by atomic mass is 10.1. The van der Waals surface area contributed by atoms with Crippen LogP contribution < -0.4 is 20.3 Å². The Hall–Kier alpha value is -3.14. The molecule has 1 saturated heterocycles. The van der Waals surface area contributed by atoms with Crippen molar-refractivity contribution in [3.63, 3.8) is 0 Å². The van der Waals surface area contributed by atoms with Crippen molar-refractivity contribution in [2.45, 2.75) is 6.54 Å². The predicted octanol–water partition coefficient (Wildman–Crippen LogP) is 3.08. The van der Waals surface area contributed by atoms with Gasteiger partial charge >= 0.3 is 0 Å². The molecule has 4 rings (SSSR count). The second kappa shape index (κ2) is 11.3. The van der Waals surface area contributed by atoms with Gasteiger partial charge in [-0.2, -0.15) is 0 Å². The van der Waals surface area contributed by atoms with Gasteiger partial charge in [0.1, 0.15) is 11.5 Å². The molecule has 0 saturated carbocycles. The molecule has 0 amide bonds. The fraction of sp³-hybridized carbons (Fsp3) is 0.360. The van der Waals surface area contributed by atoms with Crippen molar-refractivity contribution in [1.29, 1.82) is 0 Å². The Balaban J connectivity index is 1.58. The molecule has 180 valence electrons. The van der Waals surface area contributed by atoms with Gasteiger partial charge in [0, 0.05) is 42.6 Å². The second-order valence-corrected chi connectivity index (χ2v) is 8.47. The molecule has 0 spiro atoms. The maximum atomic E-state index is 12.9. The first kappa shape index (κ1) is 24.0. The molecular formula is C25H30N4O4S. The fourth-order valence-electron chi connectivity index (χ4n) is 3.96. The lowest BCUT2D eigenvalue weighted by Crippen LogP contribution is -2.44. The summed E-state index contributed by atoms with van der Waals surface area (Å²) in [5.74, 6) is 1.44. The third-order valence-electron chi connectivity index (χ3n) is 5.92. The summed E-state index contributed by atoms with van der Waals surface area (Å²) in [6, 6.07) is 15.1. The number of benzene rings is 2. The molecule has 34 heavy (non-hydrogen) atoms. The van der Waals surface area contributed by atoms with Crippen molar-refractivity contribution in [2.75, 3.05) is 58.9 Å². The van der Waals surface area contributed by atoms with Gasteiger partial charge in [-0.3, -0.25) is 9.69 Å². The molecule has 3 aromatic rings. The van der Waals surface area contributed by atoms with Gasteiger partial charge in [0.15, 0.2) is 5.11 Å². The highest BCUT2D eigenvalue weighted by molar-refractivity contribution is 7.80. The van der Waals surface area contributed by atoms with Crippen molar-refractivity contribution < 1.29 is 14.2 Å². The summed E-state index contributed by atoms with van der Waals surface area (Å²) in [6.07, 6.45) is 0. The Bertz CT molecular complexity index is 1190. The quantitative estimate of drug-likeness (QED) is 0.475. The van der Waals surface area contributed by atoms with Crippen LogP contribution in [0.15, 0.2) is 53.3 Å². The van der Waals surface area contributed by atoms with E-state index in [0.717, 1.165) is 55.2 Å². The third-order valence-corrected chi connectivity index (χ3v) is 6.28. The van der Waals surface area contributed by atoms with Crippen LogP contribution in [0.2, 0.25) is 0 Å². The number of methoxy groups -OCH3 is 2. The Morgan fingerprint density at radius 3 is 2.71 bits per heavy atom. The Morgan fingerprint density at radius 1 is 1.15 bits per heavy atom. The highest BCUT2D eigenvalue weighted by Crippen LogP contribution is 2.24. The maximum absolute atomic E-state index is 12.9. The molecule has 1 aliphatic heterocycles. The second-order valence-electron chi connectivity index (χ2n) is 8.08. The maximum Gasteiger partial charge on any atom is 0.253 e. The number of thiocarbonyl (C=S) groups is 1. The van der Waals surface area contributed by atoms with E-state index in [4.69, 9.17) is 26.4 Å². The van der Waals surface area contributed by atoms with E-state index in [2.05, 4.69) is 15.2 Å². The zero-order valence-corrected chi connectivity index (χ0v) is 20.3. The minimum atomic E-state index is -0.130. The molecule has 2 N–H and O–H groups in total. The van der Waals surface area contributed by atoms with Crippen molar-refractivity contribution in [1.82, 2.24) is 14.8 Å². The summed E-state index contributed by atoms with van der Waals surface area (Å²) in [5, 5.41) is 4.74. The molecule has 0 bridgehead atoms. The number of pyridine rings is 1. The molecule has 0 atom stereocenters. The van der Waals surface area contributed by atoms with Gasteiger partial charge in [-0.25, -0.2) is 0 Å². The molecule has 1 aliphatic rings. The first-order valence-electron chi connectivity index (χ1n) is 11.3. The lowest BCUT2D eigenvalue weighted by Gasteiger charge is -2.31. The minimum Gasteiger partial charge on any atom is -0.497 e. The van der Waals surface area contributed by atoms with Crippen molar-refractivity contribution in [3.8, 4) is 11.5 Å². The monoisotopic (exact) mass is 482 g/mol. The summed E-state index contributed by atoms with van der Waals surface area (Å²) in [7, 11) is 3.26. The van der Waals surface area contributed by atoms with E-state index >= 15 is 0 Å². The van der Waals surface area contributed by atoms with Crippen LogP contribution >= 0.6 is 12.2 Å². The number of aromatic nitrogens is 1. The van der Waals surface area contributed by atoms with Crippen molar-refractivity contribution in [2.24, 2.45) is 0 Å². The number of para-hydroxylation sites is 2. The van der Waals surface area contributed by atoms with Crippen LogP contribution in [-0.4, -0.2) is 73.5 Å². The highest BCUT2D eigenvalue weighted by atomic mass is 32.1. The molecule has 9 heteroatoms. The van der Waals surface area contributed by atoms with E-state index in [0.29, 0.717) is 29.5 Å². The van der Waals surface area contributed by atoms with Crippen LogP contribution in [0.4, 0.5) is 5.69 Å². The van der Waals surface area contributed by atoms with Gasteiger partial charge in [0.25, 0.3) is 5.56 Å². The van der Waals surface area contributed by atoms with E-state index < -0.39 is 0 Å². The van der Waals surface area contributed by atoms with E-state index in [1.807, 2.05) is 53.4 Å². The summed E-state index contributed by atoms with van der Waals surface area (Å²) in [4.78, 5) is 20.2. The smallest absolute Gasteiger partial charge is 0.253 e. The number of hydrogen-bond acceptors (Lipinski definition) is 6. The fourth-order valence-corrected chi connectivity index (χ4v) is 4.23. The molecule has 2 aromatic carbocycles. The number of nitrogens with zero attached hydrogens (tertiary/aromatic N) is 2. The molecule has 0 unspecified atom stereocenters. The van der Waals surface area contributed by atoms with Crippen molar-refractivity contribution in [3.05, 3.63) is 64.4 Å². The molecule has 0 radical (unpaired) electrons. The van der Waals surface area contributed by atoms with Gasteiger partial charge < -0.3 is 29.4 Å². The van der Waals surface area contributed by atoms with Crippen LogP contribution in [0.1, 0.15) is 5.56 Å². The number of nitrogens with one attached hydrogen (secondary N) is 2. The van der Waals surface area contributed by atoms with E-state index in [9.17, 15) is 4.79 Å². The molecular weight excluding hydrogens is 452 g/mol. The van der Waals surface area contributed by atoms with E-state index in [1.54, 1.807) is 14.2 Å². The zero-order valence-electron chi connectivity index (χ0n) is 19.5. The van der Waals surface area contributed by atoms with Gasteiger partial charge in [-0.1, -0.05) is 12.1 Å². The summed E-state index contributed by atoms with van der Waals surface area (Å²) >= 11 is 5.79. The first-order valence-corrected chi connectivity index (χ1v) is 11.7. The number of hydrogen-bond donors (Lipinski definition) is 2. The van der Waals surface area contributed by atoms with Gasteiger partial charge in [-0.05, 0) is 48.6 Å². The van der Waals surface area contributed by atoms with Gasteiger partial charge in [0.2, 0.25) is 0 Å². The predicted molar refractivity (Wildman–Crippen MR) is 138 cm³/mol. The summed E-state index contributed by atoms with van der Waals surface area (Å²) in [5.41, 5.74) is 2.05. The van der Waals surface area contributed by atoms with Crippen molar-refractivity contribution >= 4 is 33.9 Å². The average Bonchev–Trinajstić information content (AvgIpc) is 2.87. The SMILES string of the molecule is COc1ccc2[nH]c(=O)c(CN(CCN3CCOCC3)C(=S)Nc3ccccc3OC)cc2c1. The number of rotatable bonds is 8. The lowest BCUT2D eigenvalue weighted by molar-refractivity contribution is 0.0358. The normalized spacial score (nSPS) is 14.1. The minimum absolute atomic E-state index is 0.130. The third kappa shape index (κ3) is 5.85. The standard InChI is InChI=1S/C25H30N4O4S/c1-31-20-7-8-21-18(16-20)15-19(24(30)26-21)17-29(10-9-28-11-13-33-14-12-28)25(34)27-22-5-3-4-6-23(22)32-2/h3-8,15-16H,9-14,17H2,1-2H3,(H,26,30)(H,27,34). The van der Waals surface area contributed by atoms with Crippen LogP contribution in [0.5, 0.6) is 11.5 Å². The van der Waals surface area contributed by atoms with Crippen LogP contribution in [-0.2, 0) is 11.3 Å². The largest absolute Gasteiger partial charge is 0.497 e. The summed E-state index contributed by atoms with van der Waals surface area (Å²) < 4.78 is 16.3. The molecule has 8 nitrogen and oxygen atoms in total. The average molecular weight is 483 g/mol. The molecule has 0 aliphatic carbocycles. The molecule has 2 heterocycles. The van der Waals surface area contributed by atoms with E-state index in [1.165, 1.54) is 0 Å². The van der Waals surface area contributed by atoms with Gasteiger partial charge in [-0.15, -0.1) is 0 Å². The van der Waals surface area contributed by atoms with Crippen LogP contribution in [0.25, 0.3) is 10.9 Å². The van der Waals surface area contributed by atoms with Crippen LogP contribution in [0, 0.1) is 0 Å². The van der Waals surface area contributed by atoms with E-state index in [-0.39, 0.29) is 5.56 Å². The molecule has 1 aromatic heterocycles. The number of ether oxygens (including phenoxy) is 3. The first-order chi connectivity index (χ1) is 16.6. The number of fused-ring (bicyclic) bond motifs is 1. The number of morpholine rings is 1. The zero-order chi connectivity index (χ0) is 23.9.